The lowest BCUT2D eigenvalue weighted by atomic mass is 10.1. The van der Waals surface area contributed by atoms with Gasteiger partial charge in [0.15, 0.2) is 0 Å². The molecule has 106 valence electrons. The van der Waals surface area contributed by atoms with Crippen molar-refractivity contribution in [1.29, 1.82) is 0 Å². The number of nitrogens with two attached hydrogens (primary N) is 1. The van der Waals surface area contributed by atoms with Crippen molar-refractivity contribution in [2.45, 2.75) is 24.8 Å². The van der Waals surface area contributed by atoms with Crippen molar-refractivity contribution in [2.75, 3.05) is 4.72 Å². The van der Waals surface area contributed by atoms with Gasteiger partial charge in [-0.25, -0.2) is 23.1 Å². The highest BCUT2D eigenvalue weighted by molar-refractivity contribution is 7.92. The first-order valence-electron chi connectivity index (χ1n) is 6.18. The topological polar surface area (TPSA) is 98.0 Å². The summed E-state index contributed by atoms with van der Waals surface area (Å²) >= 11 is 0. The second-order valence-electron chi connectivity index (χ2n) is 4.18. The Morgan fingerprint density at radius 3 is 2.55 bits per heavy atom. The molecule has 1 heterocycles. The van der Waals surface area contributed by atoms with Crippen LogP contribution in [0, 0.1) is 0 Å². The normalized spacial score (nSPS) is 11.3. The number of aromatic nitrogens is 2. The molecule has 0 amide bonds. The van der Waals surface area contributed by atoms with Gasteiger partial charge in [-0.2, -0.15) is 0 Å². The molecule has 1 aromatic carbocycles. The highest BCUT2D eigenvalue weighted by Crippen LogP contribution is 2.20. The zero-order valence-corrected chi connectivity index (χ0v) is 11.9. The SMILES string of the molecule is CCc1ccc(CN)cc1S(=O)(=O)Nc1ncccn1. The fourth-order valence-corrected chi connectivity index (χ4v) is 3.11. The third kappa shape index (κ3) is 3.12. The van der Waals surface area contributed by atoms with Gasteiger partial charge in [-0.3, -0.25) is 0 Å². The van der Waals surface area contributed by atoms with Gasteiger partial charge >= 0.3 is 0 Å². The van der Waals surface area contributed by atoms with E-state index in [9.17, 15) is 8.42 Å². The zero-order chi connectivity index (χ0) is 14.6. The summed E-state index contributed by atoms with van der Waals surface area (Å²) in [6.45, 7) is 2.18. The van der Waals surface area contributed by atoms with Crippen molar-refractivity contribution in [2.24, 2.45) is 5.73 Å². The molecule has 0 aliphatic heterocycles. The lowest BCUT2D eigenvalue weighted by Gasteiger charge is -2.11. The van der Waals surface area contributed by atoms with E-state index in [0.29, 0.717) is 6.42 Å². The smallest absolute Gasteiger partial charge is 0.264 e. The molecule has 0 saturated heterocycles. The van der Waals surface area contributed by atoms with Gasteiger partial charge in [0.2, 0.25) is 5.95 Å². The number of anilines is 1. The van der Waals surface area contributed by atoms with E-state index in [1.807, 2.05) is 13.0 Å². The Hall–Kier alpha value is -1.99. The predicted molar refractivity (Wildman–Crippen MR) is 76.6 cm³/mol. The average Bonchev–Trinajstić information content (AvgIpc) is 2.47. The Balaban J connectivity index is 2.43. The van der Waals surface area contributed by atoms with Crippen LogP contribution in [0.3, 0.4) is 0 Å². The number of rotatable bonds is 5. The second-order valence-corrected chi connectivity index (χ2v) is 5.83. The van der Waals surface area contributed by atoms with Crippen LogP contribution in [-0.4, -0.2) is 18.4 Å². The molecule has 2 aromatic rings. The van der Waals surface area contributed by atoms with Crippen LogP contribution in [0.15, 0.2) is 41.6 Å². The van der Waals surface area contributed by atoms with Gasteiger partial charge in [0.25, 0.3) is 10.0 Å². The van der Waals surface area contributed by atoms with Crippen molar-refractivity contribution >= 4 is 16.0 Å². The molecule has 7 heteroatoms. The maximum absolute atomic E-state index is 12.4. The summed E-state index contributed by atoms with van der Waals surface area (Å²) in [5.74, 6) is 0.0488. The number of nitrogens with one attached hydrogen (secondary N) is 1. The molecule has 6 nitrogen and oxygen atoms in total. The third-order valence-corrected chi connectivity index (χ3v) is 4.24. The van der Waals surface area contributed by atoms with Gasteiger partial charge in [0.05, 0.1) is 4.90 Å². The molecule has 0 bridgehead atoms. The standard InChI is InChI=1S/C13H16N4O2S/c1-2-11-5-4-10(9-14)8-12(11)20(18,19)17-13-15-6-3-7-16-13/h3-8H,2,9,14H2,1H3,(H,15,16,17). The molecule has 20 heavy (non-hydrogen) atoms. The molecule has 0 saturated carbocycles. The van der Waals surface area contributed by atoms with Crippen LogP contribution < -0.4 is 10.5 Å². The molecule has 2 rings (SSSR count). The summed E-state index contributed by atoms with van der Waals surface area (Å²) in [7, 11) is -3.72. The minimum Gasteiger partial charge on any atom is -0.326 e. The summed E-state index contributed by atoms with van der Waals surface area (Å²) in [5.41, 5.74) is 7.05. The van der Waals surface area contributed by atoms with E-state index in [1.54, 1.807) is 18.2 Å². The summed E-state index contributed by atoms with van der Waals surface area (Å²) in [6, 6.07) is 6.81. The molecule has 0 atom stereocenters. The van der Waals surface area contributed by atoms with E-state index < -0.39 is 10.0 Å². The van der Waals surface area contributed by atoms with Crippen LogP contribution in [0.25, 0.3) is 0 Å². The highest BCUT2D eigenvalue weighted by Gasteiger charge is 2.19. The Bertz CT molecular complexity index is 687. The van der Waals surface area contributed by atoms with Crippen LogP contribution in [0.4, 0.5) is 5.95 Å². The molecular formula is C13H16N4O2S. The predicted octanol–water partition coefficient (Wildman–Crippen LogP) is 1.30. The largest absolute Gasteiger partial charge is 0.326 e. The summed E-state index contributed by atoms with van der Waals surface area (Å²) < 4.78 is 27.2. The van der Waals surface area contributed by atoms with Gasteiger partial charge in [0.1, 0.15) is 0 Å². The first-order chi connectivity index (χ1) is 9.56. The molecule has 3 N–H and O–H groups in total. The Morgan fingerprint density at radius 1 is 1.25 bits per heavy atom. The number of nitrogens with zero attached hydrogens (tertiary/aromatic N) is 2. The third-order valence-electron chi connectivity index (χ3n) is 2.83. The fourth-order valence-electron chi connectivity index (χ4n) is 1.80. The van der Waals surface area contributed by atoms with E-state index in [0.717, 1.165) is 11.1 Å². The molecule has 0 radical (unpaired) electrons. The van der Waals surface area contributed by atoms with E-state index in [1.165, 1.54) is 12.4 Å². The number of sulfonamides is 1. The van der Waals surface area contributed by atoms with Gasteiger partial charge in [-0.05, 0) is 29.7 Å². The monoisotopic (exact) mass is 292 g/mol. The van der Waals surface area contributed by atoms with E-state index >= 15 is 0 Å². The molecule has 0 fully saturated rings. The van der Waals surface area contributed by atoms with Crippen molar-refractivity contribution in [3.8, 4) is 0 Å². The Labute approximate surface area is 118 Å². The summed E-state index contributed by atoms with van der Waals surface area (Å²) in [5, 5.41) is 0. The van der Waals surface area contributed by atoms with E-state index in [2.05, 4.69) is 14.7 Å². The lowest BCUT2D eigenvalue weighted by Crippen LogP contribution is -2.17. The van der Waals surface area contributed by atoms with E-state index in [-0.39, 0.29) is 17.4 Å². The Morgan fingerprint density at radius 2 is 1.95 bits per heavy atom. The quantitative estimate of drug-likeness (QED) is 0.865. The first kappa shape index (κ1) is 14.4. The highest BCUT2D eigenvalue weighted by atomic mass is 32.2. The van der Waals surface area contributed by atoms with Crippen LogP contribution in [-0.2, 0) is 23.0 Å². The minimum atomic E-state index is -3.72. The summed E-state index contributed by atoms with van der Waals surface area (Å²) in [6.07, 6.45) is 3.56. The number of hydrogen-bond acceptors (Lipinski definition) is 5. The average molecular weight is 292 g/mol. The van der Waals surface area contributed by atoms with Crippen LogP contribution in [0.1, 0.15) is 18.1 Å². The molecule has 1 aromatic heterocycles. The zero-order valence-electron chi connectivity index (χ0n) is 11.1. The first-order valence-corrected chi connectivity index (χ1v) is 7.67. The maximum atomic E-state index is 12.4. The van der Waals surface area contributed by atoms with Gasteiger partial charge in [-0.15, -0.1) is 0 Å². The molecule has 0 aliphatic rings. The summed E-state index contributed by atoms with van der Waals surface area (Å²) in [4.78, 5) is 7.94. The van der Waals surface area contributed by atoms with Crippen LogP contribution in [0.5, 0.6) is 0 Å². The van der Waals surface area contributed by atoms with Crippen molar-refractivity contribution < 1.29 is 8.42 Å². The van der Waals surface area contributed by atoms with Crippen LogP contribution >= 0.6 is 0 Å². The van der Waals surface area contributed by atoms with E-state index in [4.69, 9.17) is 5.73 Å². The maximum Gasteiger partial charge on any atom is 0.264 e. The molecular weight excluding hydrogens is 276 g/mol. The molecule has 0 unspecified atom stereocenters. The number of aryl methyl sites for hydroxylation is 1. The molecule has 0 aliphatic carbocycles. The lowest BCUT2D eigenvalue weighted by molar-refractivity contribution is 0.599. The van der Waals surface area contributed by atoms with Gasteiger partial charge in [-0.1, -0.05) is 19.1 Å². The second kappa shape index (κ2) is 5.98. The van der Waals surface area contributed by atoms with Gasteiger partial charge in [0, 0.05) is 18.9 Å². The van der Waals surface area contributed by atoms with Crippen LogP contribution in [0.2, 0.25) is 0 Å². The minimum absolute atomic E-state index is 0.0488. The number of hydrogen-bond donors (Lipinski definition) is 2. The molecule has 0 spiro atoms. The van der Waals surface area contributed by atoms with Crippen molar-refractivity contribution in [1.82, 2.24) is 9.97 Å². The Kier molecular flexibility index (Phi) is 4.31. The van der Waals surface area contributed by atoms with Crippen molar-refractivity contribution in [3.05, 3.63) is 47.8 Å². The number of benzene rings is 1. The fraction of sp³-hybridized carbons (Fsp3) is 0.231. The van der Waals surface area contributed by atoms with Crippen molar-refractivity contribution in [3.63, 3.8) is 0 Å². The van der Waals surface area contributed by atoms with Gasteiger partial charge < -0.3 is 5.73 Å².